The monoisotopic (exact) mass is 234 g/mol. The first kappa shape index (κ1) is 11.9. The van der Waals surface area contributed by atoms with Crippen LogP contribution in [0.4, 0.5) is 11.4 Å². The van der Waals surface area contributed by atoms with Crippen LogP contribution < -0.4 is 10.6 Å². The molecule has 0 bridgehead atoms. The Labute approximate surface area is 101 Å². The molecule has 4 nitrogen and oxygen atoms in total. The van der Waals surface area contributed by atoms with Crippen LogP contribution >= 0.6 is 0 Å². The molecule has 0 spiro atoms. The summed E-state index contributed by atoms with van der Waals surface area (Å²) in [5.41, 5.74) is 3.01. The fourth-order valence-corrected chi connectivity index (χ4v) is 1.70. The molecule has 4 heteroatoms. The van der Waals surface area contributed by atoms with E-state index in [1.54, 1.807) is 0 Å². The Morgan fingerprint density at radius 1 is 1.41 bits per heavy atom. The lowest BCUT2D eigenvalue weighted by molar-refractivity contribution is -0.115. The molecule has 1 saturated heterocycles. The van der Waals surface area contributed by atoms with Crippen molar-refractivity contribution in [1.82, 2.24) is 0 Å². The van der Waals surface area contributed by atoms with Crippen LogP contribution in [0.1, 0.15) is 18.9 Å². The van der Waals surface area contributed by atoms with Gasteiger partial charge in [0.2, 0.25) is 5.91 Å². The molecule has 0 radical (unpaired) electrons. The normalized spacial score (nSPS) is 15.2. The molecule has 17 heavy (non-hydrogen) atoms. The maximum Gasteiger partial charge on any atom is 0.224 e. The first-order valence-corrected chi connectivity index (χ1v) is 5.94. The van der Waals surface area contributed by atoms with Crippen molar-refractivity contribution >= 4 is 17.3 Å². The average Bonchev–Trinajstić information content (AvgIpc) is 2.27. The summed E-state index contributed by atoms with van der Waals surface area (Å²) in [6.07, 6.45) is 0.494. The Bertz CT molecular complexity index is 414. The van der Waals surface area contributed by atoms with E-state index in [1.165, 1.54) is 0 Å². The molecular weight excluding hydrogens is 216 g/mol. The maximum absolute atomic E-state index is 11.4. The smallest absolute Gasteiger partial charge is 0.224 e. The van der Waals surface area contributed by atoms with Crippen LogP contribution in [0.2, 0.25) is 0 Å². The second-order valence-corrected chi connectivity index (χ2v) is 4.26. The zero-order valence-corrected chi connectivity index (χ0v) is 10.2. The van der Waals surface area contributed by atoms with E-state index in [9.17, 15) is 4.79 Å². The lowest BCUT2D eigenvalue weighted by Crippen LogP contribution is -2.40. The van der Waals surface area contributed by atoms with Crippen LogP contribution in [0, 0.1) is 6.92 Å². The van der Waals surface area contributed by atoms with E-state index in [4.69, 9.17) is 4.74 Å². The minimum atomic E-state index is 0.0391. The highest BCUT2D eigenvalue weighted by Gasteiger charge is 2.18. The van der Waals surface area contributed by atoms with Crippen LogP contribution in [0.15, 0.2) is 18.2 Å². The van der Waals surface area contributed by atoms with Crippen molar-refractivity contribution < 1.29 is 9.53 Å². The van der Waals surface area contributed by atoms with Crippen molar-refractivity contribution in [2.24, 2.45) is 0 Å². The molecule has 0 saturated carbocycles. The highest BCUT2D eigenvalue weighted by Crippen LogP contribution is 2.25. The standard InChI is InChI=1S/C13H18N2O2/c1-3-13(16)15-12-6-4-5-11(9(12)2)14-10-7-17-8-10/h4-6,10,14H,3,7-8H2,1-2H3,(H,15,16). The molecule has 0 unspecified atom stereocenters. The first-order valence-electron chi connectivity index (χ1n) is 5.94. The van der Waals surface area contributed by atoms with Gasteiger partial charge >= 0.3 is 0 Å². The lowest BCUT2D eigenvalue weighted by Gasteiger charge is -2.29. The molecular formula is C13H18N2O2. The summed E-state index contributed by atoms with van der Waals surface area (Å²) in [6, 6.07) is 6.28. The van der Waals surface area contributed by atoms with Crippen LogP contribution in [-0.4, -0.2) is 25.2 Å². The summed E-state index contributed by atoms with van der Waals surface area (Å²) in [4.78, 5) is 11.4. The zero-order valence-electron chi connectivity index (χ0n) is 10.2. The van der Waals surface area contributed by atoms with Gasteiger partial charge in [0, 0.05) is 17.8 Å². The van der Waals surface area contributed by atoms with Gasteiger partial charge in [0.15, 0.2) is 0 Å². The average molecular weight is 234 g/mol. The number of hydrogen-bond acceptors (Lipinski definition) is 3. The molecule has 1 heterocycles. The second kappa shape index (κ2) is 5.19. The number of carbonyl (C=O) groups excluding carboxylic acids is 1. The number of benzene rings is 1. The van der Waals surface area contributed by atoms with Gasteiger partial charge in [-0.25, -0.2) is 0 Å². The molecule has 1 aliphatic heterocycles. The highest BCUT2D eigenvalue weighted by molar-refractivity contribution is 5.92. The molecule has 1 aromatic carbocycles. The zero-order chi connectivity index (χ0) is 12.3. The third kappa shape index (κ3) is 2.77. The number of rotatable bonds is 4. The quantitative estimate of drug-likeness (QED) is 0.839. The summed E-state index contributed by atoms with van der Waals surface area (Å²) >= 11 is 0. The van der Waals surface area contributed by atoms with Crippen molar-refractivity contribution in [3.05, 3.63) is 23.8 Å². The van der Waals surface area contributed by atoms with E-state index in [1.807, 2.05) is 32.0 Å². The predicted octanol–water partition coefficient (Wildman–Crippen LogP) is 2.15. The van der Waals surface area contributed by atoms with Crippen molar-refractivity contribution in [3.63, 3.8) is 0 Å². The van der Waals surface area contributed by atoms with Gasteiger partial charge in [-0.3, -0.25) is 4.79 Å². The molecule has 1 amide bonds. The van der Waals surface area contributed by atoms with Gasteiger partial charge in [0.1, 0.15) is 0 Å². The molecule has 1 aliphatic rings. The van der Waals surface area contributed by atoms with E-state index in [0.717, 1.165) is 30.2 Å². The first-order chi connectivity index (χ1) is 8.20. The van der Waals surface area contributed by atoms with E-state index < -0.39 is 0 Å². The number of nitrogens with one attached hydrogen (secondary N) is 2. The fraction of sp³-hybridized carbons (Fsp3) is 0.462. The maximum atomic E-state index is 11.4. The molecule has 1 aromatic rings. The number of hydrogen-bond donors (Lipinski definition) is 2. The van der Waals surface area contributed by atoms with Gasteiger partial charge in [-0.05, 0) is 24.6 Å². The van der Waals surface area contributed by atoms with Crippen molar-refractivity contribution in [2.45, 2.75) is 26.3 Å². The lowest BCUT2D eigenvalue weighted by atomic mass is 10.1. The second-order valence-electron chi connectivity index (χ2n) is 4.26. The molecule has 2 rings (SSSR count). The number of anilines is 2. The Morgan fingerprint density at radius 3 is 2.71 bits per heavy atom. The third-order valence-electron chi connectivity index (χ3n) is 2.93. The van der Waals surface area contributed by atoms with Gasteiger partial charge < -0.3 is 15.4 Å². The van der Waals surface area contributed by atoms with Crippen molar-refractivity contribution in [3.8, 4) is 0 Å². The molecule has 2 N–H and O–H groups in total. The van der Waals surface area contributed by atoms with Crippen LogP contribution in [0.25, 0.3) is 0 Å². The van der Waals surface area contributed by atoms with Crippen LogP contribution in [0.3, 0.4) is 0 Å². The van der Waals surface area contributed by atoms with E-state index in [0.29, 0.717) is 12.5 Å². The minimum Gasteiger partial charge on any atom is -0.377 e. The number of amides is 1. The predicted molar refractivity (Wildman–Crippen MR) is 68.3 cm³/mol. The third-order valence-corrected chi connectivity index (χ3v) is 2.93. The topological polar surface area (TPSA) is 50.4 Å². The Kier molecular flexibility index (Phi) is 3.64. The summed E-state index contributed by atoms with van der Waals surface area (Å²) in [5, 5.41) is 6.30. The van der Waals surface area contributed by atoms with Gasteiger partial charge in [-0.2, -0.15) is 0 Å². The van der Waals surface area contributed by atoms with Gasteiger partial charge in [-0.1, -0.05) is 13.0 Å². The molecule has 92 valence electrons. The van der Waals surface area contributed by atoms with Crippen LogP contribution in [0.5, 0.6) is 0 Å². The molecule has 0 aromatic heterocycles. The number of carbonyl (C=O) groups is 1. The Balaban J connectivity index is 2.11. The highest BCUT2D eigenvalue weighted by atomic mass is 16.5. The van der Waals surface area contributed by atoms with Crippen molar-refractivity contribution in [2.75, 3.05) is 23.8 Å². The van der Waals surface area contributed by atoms with E-state index in [-0.39, 0.29) is 5.91 Å². The summed E-state index contributed by atoms with van der Waals surface area (Å²) in [5.74, 6) is 0.0391. The molecule has 1 fully saturated rings. The van der Waals surface area contributed by atoms with E-state index in [2.05, 4.69) is 10.6 Å². The largest absolute Gasteiger partial charge is 0.377 e. The SMILES string of the molecule is CCC(=O)Nc1cccc(NC2COC2)c1C. The van der Waals surface area contributed by atoms with Crippen LogP contribution in [-0.2, 0) is 9.53 Å². The van der Waals surface area contributed by atoms with E-state index >= 15 is 0 Å². The Hall–Kier alpha value is -1.55. The minimum absolute atomic E-state index is 0.0391. The number of ether oxygens (including phenoxy) is 1. The van der Waals surface area contributed by atoms with Gasteiger partial charge in [-0.15, -0.1) is 0 Å². The summed E-state index contributed by atoms with van der Waals surface area (Å²) in [7, 11) is 0. The summed E-state index contributed by atoms with van der Waals surface area (Å²) < 4.78 is 5.13. The Morgan fingerprint density at radius 2 is 2.12 bits per heavy atom. The molecule has 0 atom stereocenters. The van der Waals surface area contributed by atoms with Gasteiger partial charge in [0.05, 0.1) is 19.3 Å². The fourth-order valence-electron chi connectivity index (χ4n) is 1.70. The van der Waals surface area contributed by atoms with Crippen molar-refractivity contribution in [1.29, 1.82) is 0 Å². The summed E-state index contributed by atoms with van der Waals surface area (Å²) in [6.45, 7) is 5.36. The molecule has 0 aliphatic carbocycles. The van der Waals surface area contributed by atoms with Gasteiger partial charge in [0.25, 0.3) is 0 Å².